The first-order chi connectivity index (χ1) is 9.95. The number of aryl methyl sites for hydroxylation is 2. The number of carbonyl (C=O) groups is 2. The van der Waals surface area contributed by atoms with E-state index in [1.54, 1.807) is 24.3 Å². The van der Waals surface area contributed by atoms with Gasteiger partial charge < -0.3 is 10.6 Å². The summed E-state index contributed by atoms with van der Waals surface area (Å²) in [7, 11) is 0. The number of amides is 2. The molecule has 0 radical (unpaired) electrons. The van der Waals surface area contributed by atoms with Gasteiger partial charge in [0.2, 0.25) is 5.91 Å². The average molecular weight is 282 g/mol. The summed E-state index contributed by atoms with van der Waals surface area (Å²) in [6.45, 7) is 5.45. The Labute approximate surface area is 124 Å². The lowest BCUT2D eigenvalue weighted by Crippen LogP contribution is -2.12. The average Bonchev–Trinajstić information content (AvgIpc) is 2.43. The molecule has 2 aromatic carbocycles. The molecule has 0 bridgehead atoms. The second-order valence-electron chi connectivity index (χ2n) is 5.01. The summed E-state index contributed by atoms with van der Waals surface area (Å²) in [6.07, 6.45) is 0. The summed E-state index contributed by atoms with van der Waals surface area (Å²) in [5, 5.41) is 5.51. The molecule has 0 aliphatic carbocycles. The molecule has 21 heavy (non-hydrogen) atoms. The molecule has 2 aromatic rings. The van der Waals surface area contributed by atoms with Gasteiger partial charge in [-0.25, -0.2) is 0 Å². The molecule has 2 rings (SSSR count). The van der Waals surface area contributed by atoms with Gasteiger partial charge in [-0.3, -0.25) is 9.59 Å². The molecule has 0 aliphatic rings. The molecule has 0 heterocycles. The summed E-state index contributed by atoms with van der Waals surface area (Å²) in [5.41, 5.74) is 4.26. The Morgan fingerprint density at radius 3 is 1.90 bits per heavy atom. The minimum absolute atomic E-state index is 0.123. The van der Waals surface area contributed by atoms with Crippen LogP contribution in [0.25, 0.3) is 0 Å². The van der Waals surface area contributed by atoms with Crippen molar-refractivity contribution in [3.63, 3.8) is 0 Å². The third-order valence-electron chi connectivity index (χ3n) is 3.23. The van der Waals surface area contributed by atoms with Crippen molar-refractivity contribution in [1.82, 2.24) is 0 Å². The van der Waals surface area contributed by atoms with Crippen molar-refractivity contribution in [2.75, 3.05) is 10.6 Å². The Morgan fingerprint density at radius 1 is 0.810 bits per heavy atom. The van der Waals surface area contributed by atoms with E-state index in [0.717, 1.165) is 11.1 Å². The lowest BCUT2D eigenvalue weighted by molar-refractivity contribution is -0.114. The van der Waals surface area contributed by atoms with E-state index in [9.17, 15) is 9.59 Å². The van der Waals surface area contributed by atoms with Crippen LogP contribution in [0.15, 0.2) is 42.5 Å². The first kappa shape index (κ1) is 14.8. The molecule has 0 atom stereocenters. The minimum Gasteiger partial charge on any atom is -0.326 e. The van der Waals surface area contributed by atoms with Gasteiger partial charge in [-0.15, -0.1) is 0 Å². The van der Waals surface area contributed by atoms with E-state index in [0.29, 0.717) is 16.9 Å². The van der Waals surface area contributed by atoms with E-state index in [1.165, 1.54) is 6.92 Å². The minimum atomic E-state index is -0.148. The number of rotatable bonds is 3. The topological polar surface area (TPSA) is 58.2 Å². The Kier molecular flexibility index (Phi) is 4.38. The van der Waals surface area contributed by atoms with Crippen molar-refractivity contribution in [1.29, 1.82) is 0 Å². The van der Waals surface area contributed by atoms with Crippen LogP contribution in [-0.4, -0.2) is 11.8 Å². The van der Waals surface area contributed by atoms with Crippen LogP contribution in [0.1, 0.15) is 28.4 Å². The zero-order chi connectivity index (χ0) is 15.4. The summed E-state index contributed by atoms with van der Waals surface area (Å²) < 4.78 is 0. The van der Waals surface area contributed by atoms with Crippen molar-refractivity contribution < 1.29 is 9.59 Å². The summed E-state index contributed by atoms with van der Waals surface area (Å²) >= 11 is 0. The maximum absolute atomic E-state index is 12.2. The van der Waals surface area contributed by atoms with Gasteiger partial charge in [-0.05, 0) is 61.4 Å². The van der Waals surface area contributed by atoms with Gasteiger partial charge >= 0.3 is 0 Å². The summed E-state index contributed by atoms with van der Waals surface area (Å²) in [5.74, 6) is -0.271. The van der Waals surface area contributed by atoms with Crippen molar-refractivity contribution in [3.05, 3.63) is 59.2 Å². The van der Waals surface area contributed by atoms with Crippen molar-refractivity contribution in [2.45, 2.75) is 20.8 Å². The standard InChI is InChI=1S/C17H18N2O2/c1-11-4-5-14(10-12(11)2)17(21)19-16-8-6-15(7-9-16)18-13(3)20/h4-10H,1-3H3,(H,18,20)(H,19,21). The Morgan fingerprint density at radius 2 is 1.38 bits per heavy atom. The monoisotopic (exact) mass is 282 g/mol. The fourth-order valence-corrected chi connectivity index (χ4v) is 1.93. The van der Waals surface area contributed by atoms with Crippen LogP contribution in [0.4, 0.5) is 11.4 Å². The maximum atomic E-state index is 12.2. The SMILES string of the molecule is CC(=O)Nc1ccc(NC(=O)c2ccc(C)c(C)c2)cc1. The van der Waals surface area contributed by atoms with Gasteiger partial charge in [0.25, 0.3) is 5.91 Å². The maximum Gasteiger partial charge on any atom is 0.255 e. The highest BCUT2D eigenvalue weighted by molar-refractivity contribution is 6.04. The van der Waals surface area contributed by atoms with Crippen molar-refractivity contribution in [3.8, 4) is 0 Å². The lowest BCUT2D eigenvalue weighted by Gasteiger charge is -2.08. The lowest BCUT2D eigenvalue weighted by atomic mass is 10.1. The molecular weight excluding hydrogens is 264 g/mol. The number of hydrogen-bond acceptors (Lipinski definition) is 2. The van der Waals surface area contributed by atoms with Gasteiger partial charge in [0.05, 0.1) is 0 Å². The third kappa shape index (κ3) is 3.92. The smallest absolute Gasteiger partial charge is 0.255 e. The fraction of sp³-hybridized carbons (Fsp3) is 0.176. The van der Waals surface area contributed by atoms with E-state index in [2.05, 4.69) is 10.6 Å². The van der Waals surface area contributed by atoms with Crippen LogP contribution in [0.3, 0.4) is 0 Å². The Bertz CT molecular complexity index is 676. The van der Waals surface area contributed by atoms with Crippen LogP contribution in [0.5, 0.6) is 0 Å². The summed E-state index contributed by atoms with van der Waals surface area (Å²) in [6, 6.07) is 12.6. The first-order valence-electron chi connectivity index (χ1n) is 6.72. The second-order valence-corrected chi connectivity index (χ2v) is 5.01. The molecule has 0 saturated heterocycles. The van der Waals surface area contributed by atoms with Gasteiger partial charge in [0.1, 0.15) is 0 Å². The van der Waals surface area contributed by atoms with Gasteiger partial charge in [0, 0.05) is 23.9 Å². The Balaban J connectivity index is 2.08. The molecule has 2 N–H and O–H groups in total. The predicted octanol–water partition coefficient (Wildman–Crippen LogP) is 3.51. The van der Waals surface area contributed by atoms with Crippen LogP contribution >= 0.6 is 0 Å². The largest absolute Gasteiger partial charge is 0.326 e. The van der Waals surface area contributed by atoms with Crippen LogP contribution in [-0.2, 0) is 4.79 Å². The molecule has 4 heteroatoms. The highest BCUT2D eigenvalue weighted by atomic mass is 16.2. The molecule has 108 valence electrons. The zero-order valence-electron chi connectivity index (χ0n) is 12.4. The van der Waals surface area contributed by atoms with E-state index in [1.807, 2.05) is 32.0 Å². The highest BCUT2D eigenvalue weighted by Gasteiger charge is 2.07. The number of hydrogen-bond donors (Lipinski definition) is 2. The number of anilines is 2. The van der Waals surface area contributed by atoms with Gasteiger partial charge in [-0.1, -0.05) is 6.07 Å². The van der Waals surface area contributed by atoms with E-state index < -0.39 is 0 Å². The first-order valence-corrected chi connectivity index (χ1v) is 6.72. The van der Waals surface area contributed by atoms with Crippen molar-refractivity contribution >= 4 is 23.2 Å². The van der Waals surface area contributed by atoms with E-state index in [4.69, 9.17) is 0 Å². The second kappa shape index (κ2) is 6.22. The van der Waals surface area contributed by atoms with E-state index in [-0.39, 0.29) is 11.8 Å². The number of benzene rings is 2. The van der Waals surface area contributed by atoms with Gasteiger partial charge in [0.15, 0.2) is 0 Å². The van der Waals surface area contributed by atoms with Gasteiger partial charge in [-0.2, -0.15) is 0 Å². The Hall–Kier alpha value is -2.62. The predicted molar refractivity (Wildman–Crippen MR) is 84.6 cm³/mol. The van der Waals surface area contributed by atoms with Crippen LogP contribution in [0, 0.1) is 13.8 Å². The molecular formula is C17H18N2O2. The summed E-state index contributed by atoms with van der Waals surface area (Å²) in [4.78, 5) is 23.1. The third-order valence-corrected chi connectivity index (χ3v) is 3.23. The molecule has 0 fully saturated rings. The molecule has 0 aliphatic heterocycles. The van der Waals surface area contributed by atoms with E-state index >= 15 is 0 Å². The molecule has 0 unspecified atom stereocenters. The molecule has 2 amide bonds. The molecule has 0 aromatic heterocycles. The highest BCUT2D eigenvalue weighted by Crippen LogP contribution is 2.16. The van der Waals surface area contributed by atoms with Crippen LogP contribution in [0.2, 0.25) is 0 Å². The number of carbonyl (C=O) groups excluding carboxylic acids is 2. The molecule has 0 spiro atoms. The zero-order valence-corrected chi connectivity index (χ0v) is 12.4. The normalized spacial score (nSPS) is 10.0. The van der Waals surface area contributed by atoms with Crippen LogP contribution < -0.4 is 10.6 Å². The molecule has 4 nitrogen and oxygen atoms in total. The number of nitrogens with one attached hydrogen (secondary N) is 2. The fourth-order valence-electron chi connectivity index (χ4n) is 1.93. The molecule has 0 saturated carbocycles. The quantitative estimate of drug-likeness (QED) is 0.905. The van der Waals surface area contributed by atoms with Crippen molar-refractivity contribution in [2.24, 2.45) is 0 Å².